The van der Waals surface area contributed by atoms with Gasteiger partial charge in [0.15, 0.2) is 11.7 Å². The smallest absolute Gasteiger partial charge is 0.246 e. The molecule has 3 aromatic rings. The van der Waals surface area contributed by atoms with Crippen LogP contribution in [0.1, 0.15) is 12.3 Å². The Hall–Kier alpha value is -2.88. The third-order valence-electron chi connectivity index (χ3n) is 4.45. The highest BCUT2D eigenvalue weighted by molar-refractivity contribution is 7.89. The van der Waals surface area contributed by atoms with Crippen molar-refractivity contribution < 1.29 is 22.4 Å². The standard InChI is InChI=1S/C21H22ClN3O5S/c1-25(2)31(27,28)19-12-16(8-9-17(19)29-3)24-20(26)10-11-21-23-13-18(30-21)14-4-6-15(22)7-5-14/h4-9,12-13H,10-11H2,1-3H3,(H,24,26). The van der Waals surface area contributed by atoms with E-state index in [0.717, 1.165) is 9.87 Å². The van der Waals surface area contributed by atoms with Gasteiger partial charge in [-0.2, -0.15) is 0 Å². The van der Waals surface area contributed by atoms with Crippen molar-refractivity contribution in [1.29, 1.82) is 0 Å². The second kappa shape index (κ2) is 9.51. The maximum Gasteiger partial charge on any atom is 0.246 e. The number of hydrogen-bond acceptors (Lipinski definition) is 6. The van der Waals surface area contributed by atoms with E-state index in [9.17, 15) is 13.2 Å². The molecule has 0 unspecified atom stereocenters. The molecule has 1 N–H and O–H groups in total. The van der Waals surface area contributed by atoms with E-state index < -0.39 is 10.0 Å². The van der Waals surface area contributed by atoms with Gasteiger partial charge in [-0.1, -0.05) is 11.6 Å². The summed E-state index contributed by atoms with van der Waals surface area (Å²) in [5, 5.41) is 3.32. The summed E-state index contributed by atoms with van der Waals surface area (Å²) >= 11 is 5.89. The van der Waals surface area contributed by atoms with Crippen molar-refractivity contribution in [2.45, 2.75) is 17.7 Å². The van der Waals surface area contributed by atoms with Gasteiger partial charge in [0.05, 0.1) is 13.3 Å². The molecule has 31 heavy (non-hydrogen) atoms. The Morgan fingerprint density at radius 2 is 1.90 bits per heavy atom. The van der Waals surface area contributed by atoms with Gasteiger partial charge in [0, 0.05) is 43.2 Å². The number of sulfonamides is 1. The number of carbonyl (C=O) groups is 1. The van der Waals surface area contributed by atoms with Gasteiger partial charge in [0.1, 0.15) is 10.6 Å². The van der Waals surface area contributed by atoms with Crippen molar-refractivity contribution in [2.24, 2.45) is 0 Å². The number of hydrogen-bond donors (Lipinski definition) is 1. The molecular weight excluding hydrogens is 442 g/mol. The number of aromatic nitrogens is 1. The number of nitrogens with zero attached hydrogens (tertiary/aromatic N) is 2. The fraction of sp³-hybridized carbons (Fsp3) is 0.238. The molecule has 0 aliphatic rings. The molecule has 10 heteroatoms. The average molecular weight is 464 g/mol. The van der Waals surface area contributed by atoms with Crippen molar-refractivity contribution in [2.75, 3.05) is 26.5 Å². The Morgan fingerprint density at radius 3 is 2.55 bits per heavy atom. The SMILES string of the molecule is COc1ccc(NC(=O)CCc2ncc(-c3ccc(Cl)cc3)o2)cc1S(=O)(=O)N(C)C. The number of amides is 1. The minimum absolute atomic E-state index is 0.0295. The third-order valence-corrected chi connectivity index (χ3v) is 6.54. The molecule has 1 amide bonds. The minimum atomic E-state index is -3.74. The number of ether oxygens (including phenoxy) is 1. The fourth-order valence-electron chi connectivity index (χ4n) is 2.77. The molecule has 1 aromatic heterocycles. The Kier molecular flexibility index (Phi) is 6.99. The molecule has 8 nitrogen and oxygen atoms in total. The number of anilines is 1. The van der Waals surface area contributed by atoms with Crippen molar-refractivity contribution in [3.63, 3.8) is 0 Å². The molecule has 0 saturated carbocycles. The predicted molar refractivity (Wildman–Crippen MR) is 118 cm³/mol. The summed E-state index contributed by atoms with van der Waals surface area (Å²) in [5.41, 5.74) is 1.18. The molecule has 164 valence electrons. The molecule has 2 aromatic carbocycles. The van der Waals surface area contributed by atoms with E-state index in [1.165, 1.54) is 33.3 Å². The highest BCUT2D eigenvalue weighted by Gasteiger charge is 2.23. The normalized spacial score (nSPS) is 11.5. The van der Waals surface area contributed by atoms with Crippen LogP contribution < -0.4 is 10.1 Å². The first kappa shape index (κ1) is 22.8. The lowest BCUT2D eigenvalue weighted by atomic mass is 10.2. The van der Waals surface area contributed by atoms with Crippen LogP contribution in [-0.4, -0.2) is 44.8 Å². The maximum atomic E-state index is 12.5. The van der Waals surface area contributed by atoms with Crippen LogP contribution in [-0.2, 0) is 21.2 Å². The number of rotatable bonds is 8. The molecular formula is C21H22ClN3O5S. The highest BCUT2D eigenvalue weighted by atomic mass is 35.5. The second-order valence-corrected chi connectivity index (χ2v) is 9.38. The quantitative estimate of drug-likeness (QED) is 0.544. The third kappa shape index (κ3) is 5.43. The first-order valence-corrected chi connectivity index (χ1v) is 11.1. The Labute approximate surface area is 185 Å². The molecule has 3 rings (SSSR count). The Balaban J connectivity index is 1.66. The number of carbonyl (C=O) groups excluding carboxylic acids is 1. The topological polar surface area (TPSA) is 102 Å². The fourth-order valence-corrected chi connectivity index (χ4v) is 3.97. The van der Waals surface area contributed by atoms with E-state index in [2.05, 4.69) is 10.3 Å². The Bertz CT molecular complexity index is 1170. The first-order chi connectivity index (χ1) is 14.7. The largest absolute Gasteiger partial charge is 0.495 e. The molecule has 0 aliphatic carbocycles. The van der Waals surface area contributed by atoms with E-state index >= 15 is 0 Å². The highest BCUT2D eigenvalue weighted by Crippen LogP contribution is 2.29. The molecule has 0 atom stereocenters. The van der Waals surface area contributed by atoms with Crippen LogP contribution in [0.4, 0.5) is 5.69 Å². The lowest BCUT2D eigenvalue weighted by molar-refractivity contribution is -0.116. The number of benzene rings is 2. The van der Waals surface area contributed by atoms with Crippen molar-refractivity contribution >= 4 is 33.2 Å². The number of nitrogens with one attached hydrogen (secondary N) is 1. The molecule has 0 saturated heterocycles. The summed E-state index contributed by atoms with van der Waals surface area (Å²) in [4.78, 5) is 16.5. The van der Waals surface area contributed by atoms with E-state index in [-0.39, 0.29) is 23.0 Å². The molecule has 0 aliphatic heterocycles. The monoisotopic (exact) mass is 463 g/mol. The van der Waals surface area contributed by atoms with Gasteiger partial charge in [-0.25, -0.2) is 17.7 Å². The van der Waals surface area contributed by atoms with E-state index in [4.69, 9.17) is 20.8 Å². The molecule has 0 radical (unpaired) electrons. The lowest BCUT2D eigenvalue weighted by Gasteiger charge is -2.15. The van der Waals surface area contributed by atoms with E-state index in [1.54, 1.807) is 24.4 Å². The average Bonchev–Trinajstić information content (AvgIpc) is 3.21. The van der Waals surface area contributed by atoms with Gasteiger partial charge in [0.2, 0.25) is 15.9 Å². The van der Waals surface area contributed by atoms with Crippen LogP contribution >= 0.6 is 11.6 Å². The van der Waals surface area contributed by atoms with Gasteiger partial charge in [-0.05, 0) is 42.5 Å². The van der Waals surface area contributed by atoms with Crippen LogP contribution in [0.15, 0.2) is 58.0 Å². The van der Waals surface area contributed by atoms with E-state index in [1.807, 2.05) is 12.1 Å². The zero-order valence-corrected chi connectivity index (χ0v) is 18.8. The van der Waals surface area contributed by atoms with Crippen LogP contribution in [0.5, 0.6) is 5.75 Å². The molecule has 1 heterocycles. The van der Waals surface area contributed by atoms with Crippen molar-refractivity contribution in [3.05, 3.63) is 59.6 Å². The molecule has 0 fully saturated rings. The minimum Gasteiger partial charge on any atom is -0.495 e. The number of oxazole rings is 1. The lowest BCUT2D eigenvalue weighted by Crippen LogP contribution is -2.23. The number of aryl methyl sites for hydroxylation is 1. The van der Waals surface area contributed by atoms with Crippen LogP contribution in [0.25, 0.3) is 11.3 Å². The molecule has 0 bridgehead atoms. The van der Waals surface area contributed by atoms with Crippen LogP contribution in [0, 0.1) is 0 Å². The second-order valence-electron chi connectivity index (χ2n) is 6.83. The van der Waals surface area contributed by atoms with E-state index in [0.29, 0.717) is 28.8 Å². The van der Waals surface area contributed by atoms with Gasteiger partial charge in [0.25, 0.3) is 0 Å². The summed E-state index contributed by atoms with van der Waals surface area (Å²) in [6.45, 7) is 0. The first-order valence-electron chi connectivity index (χ1n) is 9.32. The molecule has 0 spiro atoms. The van der Waals surface area contributed by atoms with Crippen molar-refractivity contribution in [3.8, 4) is 17.1 Å². The van der Waals surface area contributed by atoms with Crippen LogP contribution in [0.2, 0.25) is 5.02 Å². The summed E-state index contributed by atoms with van der Waals surface area (Å²) in [7, 11) is 0.501. The predicted octanol–water partition coefficient (Wildman–Crippen LogP) is 3.83. The van der Waals surface area contributed by atoms with Crippen molar-refractivity contribution in [1.82, 2.24) is 9.29 Å². The van der Waals surface area contributed by atoms with Gasteiger partial charge < -0.3 is 14.5 Å². The maximum absolute atomic E-state index is 12.5. The number of methoxy groups -OCH3 is 1. The van der Waals surface area contributed by atoms with Gasteiger partial charge >= 0.3 is 0 Å². The van der Waals surface area contributed by atoms with Crippen LogP contribution in [0.3, 0.4) is 0 Å². The zero-order valence-electron chi connectivity index (χ0n) is 17.3. The summed E-state index contributed by atoms with van der Waals surface area (Å²) in [6.07, 6.45) is 2.00. The zero-order chi connectivity index (χ0) is 22.6. The number of halogens is 1. The summed E-state index contributed by atoms with van der Waals surface area (Å²) in [5.74, 6) is 0.900. The van der Waals surface area contributed by atoms with Gasteiger partial charge in [-0.3, -0.25) is 4.79 Å². The Morgan fingerprint density at radius 1 is 1.19 bits per heavy atom. The summed E-state index contributed by atoms with van der Waals surface area (Å²) in [6, 6.07) is 11.6. The van der Waals surface area contributed by atoms with Gasteiger partial charge in [-0.15, -0.1) is 0 Å². The summed E-state index contributed by atoms with van der Waals surface area (Å²) < 4.78 is 36.9.